The Balaban J connectivity index is 1.33. The first-order chi connectivity index (χ1) is 14.1. The summed E-state index contributed by atoms with van der Waals surface area (Å²) in [5, 5.41) is 3.96. The van der Waals surface area contributed by atoms with Gasteiger partial charge in [-0.2, -0.15) is 0 Å². The van der Waals surface area contributed by atoms with Crippen molar-refractivity contribution in [2.45, 2.75) is 51.9 Å². The first-order valence-corrected chi connectivity index (χ1v) is 10.6. The summed E-state index contributed by atoms with van der Waals surface area (Å²) < 4.78 is 5.26. The van der Waals surface area contributed by atoms with Gasteiger partial charge in [0.2, 0.25) is 5.91 Å². The second-order valence-electron chi connectivity index (χ2n) is 8.36. The van der Waals surface area contributed by atoms with Crippen molar-refractivity contribution in [2.75, 3.05) is 26.2 Å². The number of aromatic amines is 1. The van der Waals surface area contributed by atoms with Crippen LogP contribution in [0.15, 0.2) is 23.1 Å². The van der Waals surface area contributed by atoms with E-state index < -0.39 is 0 Å². The second kappa shape index (κ2) is 8.39. The molecule has 0 saturated carbocycles. The zero-order valence-electron chi connectivity index (χ0n) is 17.0. The highest BCUT2D eigenvalue weighted by atomic mass is 16.5. The van der Waals surface area contributed by atoms with Gasteiger partial charge in [-0.15, -0.1) is 0 Å². The summed E-state index contributed by atoms with van der Waals surface area (Å²) in [7, 11) is 0. The Hall–Kier alpha value is -2.64. The molecule has 8 nitrogen and oxygen atoms in total. The minimum Gasteiger partial charge on any atom is -0.361 e. The maximum absolute atomic E-state index is 12.8. The maximum Gasteiger partial charge on any atom is 0.276 e. The topological polar surface area (TPSA) is 95.3 Å². The Labute approximate surface area is 170 Å². The van der Waals surface area contributed by atoms with E-state index in [9.17, 15) is 9.59 Å². The largest absolute Gasteiger partial charge is 0.361 e. The fraction of sp³-hybridized carbons (Fsp3) is 0.619. The van der Waals surface area contributed by atoms with Crippen LogP contribution in [0.2, 0.25) is 0 Å². The molecule has 0 aliphatic carbocycles. The summed E-state index contributed by atoms with van der Waals surface area (Å²) in [4.78, 5) is 36.2. The number of imidazole rings is 1. The number of hydrogen-bond acceptors (Lipinski definition) is 5. The number of carbonyl (C=O) groups excluding carboxylic acids is 2. The van der Waals surface area contributed by atoms with Crippen molar-refractivity contribution in [1.29, 1.82) is 0 Å². The van der Waals surface area contributed by atoms with Gasteiger partial charge in [0.25, 0.3) is 5.91 Å². The molecular formula is C21H29N5O3. The van der Waals surface area contributed by atoms with Crippen LogP contribution in [0.1, 0.15) is 61.0 Å². The zero-order chi connectivity index (χ0) is 20.3. The average Bonchev–Trinajstić information content (AvgIpc) is 3.41. The molecule has 1 spiro atoms. The van der Waals surface area contributed by atoms with E-state index in [2.05, 4.69) is 22.0 Å². The summed E-state index contributed by atoms with van der Waals surface area (Å²) in [6.07, 6.45) is 9.39. The van der Waals surface area contributed by atoms with Gasteiger partial charge in [0.1, 0.15) is 5.76 Å². The van der Waals surface area contributed by atoms with Crippen molar-refractivity contribution < 1.29 is 14.1 Å². The molecular weight excluding hydrogens is 370 g/mol. The molecule has 8 heteroatoms. The Kier molecular flexibility index (Phi) is 5.69. The Morgan fingerprint density at radius 2 is 2.10 bits per heavy atom. The summed E-state index contributed by atoms with van der Waals surface area (Å²) >= 11 is 0. The Morgan fingerprint density at radius 3 is 2.83 bits per heavy atom. The normalized spacial score (nSPS) is 19.1. The highest BCUT2D eigenvalue weighted by Crippen LogP contribution is 2.40. The number of carbonyl (C=O) groups is 2. The van der Waals surface area contributed by atoms with E-state index >= 15 is 0 Å². The number of amides is 2. The molecule has 2 aliphatic rings. The molecule has 0 radical (unpaired) electrons. The predicted molar refractivity (Wildman–Crippen MR) is 106 cm³/mol. The lowest BCUT2D eigenvalue weighted by molar-refractivity contribution is -0.138. The summed E-state index contributed by atoms with van der Waals surface area (Å²) in [5.74, 6) is 0.955. The van der Waals surface area contributed by atoms with E-state index in [0.717, 1.165) is 56.5 Å². The number of hydrogen-bond donors (Lipinski definition) is 1. The van der Waals surface area contributed by atoms with Crippen LogP contribution in [0.25, 0.3) is 0 Å². The van der Waals surface area contributed by atoms with E-state index in [1.807, 2.05) is 16.0 Å². The molecule has 4 rings (SSSR count). The van der Waals surface area contributed by atoms with Crippen molar-refractivity contribution in [3.05, 3.63) is 35.7 Å². The number of aryl methyl sites for hydroxylation is 1. The lowest BCUT2D eigenvalue weighted by atomic mass is 9.72. The SMILES string of the molecule is CCCc1cc(C(=O)N2CCC3(CCC(=O)N(CCc4cnc[nH]4)C3)CC2)no1. The monoisotopic (exact) mass is 399 g/mol. The van der Waals surface area contributed by atoms with Crippen molar-refractivity contribution in [3.8, 4) is 0 Å². The first-order valence-electron chi connectivity index (χ1n) is 10.6. The summed E-state index contributed by atoms with van der Waals surface area (Å²) in [5.41, 5.74) is 1.58. The van der Waals surface area contributed by atoms with Crippen LogP contribution >= 0.6 is 0 Å². The fourth-order valence-electron chi connectivity index (χ4n) is 4.52. The summed E-state index contributed by atoms with van der Waals surface area (Å²) in [6, 6.07) is 1.77. The molecule has 2 aliphatic heterocycles. The van der Waals surface area contributed by atoms with Gasteiger partial charge in [-0.05, 0) is 31.1 Å². The lowest BCUT2D eigenvalue weighted by Crippen LogP contribution is -2.52. The highest BCUT2D eigenvalue weighted by Gasteiger charge is 2.41. The van der Waals surface area contributed by atoms with Crippen molar-refractivity contribution >= 4 is 11.8 Å². The predicted octanol–water partition coefficient (Wildman–Crippen LogP) is 2.44. The average molecular weight is 399 g/mol. The number of likely N-dealkylation sites (tertiary alicyclic amines) is 2. The highest BCUT2D eigenvalue weighted by molar-refractivity contribution is 5.92. The Morgan fingerprint density at radius 1 is 1.28 bits per heavy atom. The lowest BCUT2D eigenvalue weighted by Gasteiger charge is -2.47. The number of aromatic nitrogens is 3. The molecule has 0 aromatic carbocycles. The standard InChI is InChI=1S/C21H29N5O3/c1-2-3-17-12-18(24-29-17)20(28)25-10-7-21(8-11-25)6-4-19(27)26(14-21)9-5-16-13-22-15-23-16/h12-13,15H,2-11,14H2,1H3,(H,22,23). The van der Waals surface area contributed by atoms with Crippen LogP contribution in [0.3, 0.4) is 0 Å². The van der Waals surface area contributed by atoms with E-state index in [1.54, 1.807) is 12.4 Å². The van der Waals surface area contributed by atoms with E-state index in [-0.39, 0.29) is 17.2 Å². The third kappa shape index (κ3) is 4.36. The van der Waals surface area contributed by atoms with Crippen molar-refractivity contribution in [3.63, 3.8) is 0 Å². The third-order valence-electron chi connectivity index (χ3n) is 6.34. The Bertz CT molecular complexity index is 836. The second-order valence-corrected chi connectivity index (χ2v) is 8.36. The minimum atomic E-state index is -0.0473. The quantitative estimate of drug-likeness (QED) is 0.805. The molecule has 1 N–H and O–H groups in total. The van der Waals surface area contributed by atoms with Gasteiger partial charge < -0.3 is 19.3 Å². The molecule has 2 fully saturated rings. The molecule has 2 aromatic rings. The van der Waals surface area contributed by atoms with Gasteiger partial charge in [-0.3, -0.25) is 9.59 Å². The molecule has 29 heavy (non-hydrogen) atoms. The van der Waals surface area contributed by atoms with Crippen molar-refractivity contribution in [1.82, 2.24) is 24.9 Å². The molecule has 0 bridgehead atoms. The minimum absolute atomic E-state index is 0.0473. The van der Waals surface area contributed by atoms with Gasteiger partial charge >= 0.3 is 0 Å². The maximum atomic E-state index is 12.8. The van der Waals surface area contributed by atoms with Crippen LogP contribution < -0.4 is 0 Å². The van der Waals surface area contributed by atoms with Gasteiger partial charge in [-0.25, -0.2) is 4.98 Å². The fourth-order valence-corrected chi connectivity index (χ4v) is 4.52. The van der Waals surface area contributed by atoms with Gasteiger partial charge in [0.05, 0.1) is 6.33 Å². The third-order valence-corrected chi connectivity index (χ3v) is 6.34. The molecule has 2 saturated heterocycles. The molecule has 0 unspecified atom stereocenters. The van der Waals surface area contributed by atoms with Crippen molar-refractivity contribution in [2.24, 2.45) is 5.41 Å². The van der Waals surface area contributed by atoms with E-state index in [1.165, 1.54) is 0 Å². The van der Waals surface area contributed by atoms with Crippen LogP contribution in [0.5, 0.6) is 0 Å². The van der Waals surface area contributed by atoms with Crippen LogP contribution in [-0.4, -0.2) is 62.9 Å². The van der Waals surface area contributed by atoms with Gasteiger partial charge in [0.15, 0.2) is 5.69 Å². The zero-order valence-corrected chi connectivity index (χ0v) is 17.0. The molecule has 4 heterocycles. The summed E-state index contributed by atoms with van der Waals surface area (Å²) in [6.45, 7) is 4.98. The number of piperidine rings is 2. The number of H-pyrrole nitrogens is 1. The van der Waals surface area contributed by atoms with Gasteiger partial charge in [-0.1, -0.05) is 12.1 Å². The van der Waals surface area contributed by atoms with Gasteiger partial charge in [0, 0.05) is 63.4 Å². The molecule has 156 valence electrons. The number of rotatable bonds is 6. The van der Waals surface area contributed by atoms with E-state index in [4.69, 9.17) is 4.52 Å². The molecule has 0 atom stereocenters. The van der Waals surface area contributed by atoms with Crippen LogP contribution in [-0.2, 0) is 17.6 Å². The smallest absolute Gasteiger partial charge is 0.276 e. The van der Waals surface area contributed by atoms with Crippen LogP contribution in [0.4, 0.5) is 0 Å². The van der Waals surface area contributed by atoms with Crippen LogP contribution in [0, 0.1) is 5.41 Å². The molecule has 2 amide bonds. The number of nitrogens with zero attached hydrogens (tertiary/aromatic N) is 4. The molecule has 2 aromatic heterocycles. The number of nitrogens with one attached hydrogen (secondary N) is 1. The first kappa shape index (κ1) is 19.7. The van der Waals surface area contributed by atoms with E-state index in [0.29, 0.717) is 31.7 Å².